The molecule has 1 atom stereocenters. The molecule has 0 unspecified atom stereocenters. The number of carbonyl (C=O) groups is 1. The maximum atomic E-state index is 12.1. The van der Waals surface area contributed by atoms with Gasteiger partial charge in [0.2, 0.25) is 5.91 Å². The van der Waals surface area contributed by atoms with Gasteiger partial charge in [0, 0.05) is 17.8 Å². The van der Waals surface area contributed by atoms with E-state index >= 15 is 0 Å². The summed E-state index contributed by atoms with van der Waals surface area (Å²) in [7, 11) is 1.64. The van der Waals surface area contributed by atoms with Crippen molar-refractivity contribution in [3.63, 3.8) is 0 Å². The SMILES string of the molecule is COc1cccc(-n2cc([C@H](C)NC(=O)CN3CCCC3)cn2)c1. The maximum absolute atomic E-state index is 12.1. The first kappa shape index (κ1) is 16.5. The molecule has 128 valence electrons. The Bertz CT molecular complexity index is 692. The zero-order valence-electron chi connectivity index (χ0n) is 14.2. The zero-order chi connectivity index (χ0) is 16.9. The number of likely N-dealkylation sites (tertiary alicyclic amines) is 1. The third-order valence-corrected chi connectivity index (χ3v) is 4.36. The van der Waals surface area contributed by atoms with Crippen LogP contribution in [-0.4, -0.2) is 47.3 Å². The number of methoxy groups -OCH3 is 1. The van der Waals surface area contributed by atoms with Crippen LogP contribution in [0.4, 0.5) is 0 Å². The molecule has 3 rings (SSSR count). The van der Waals surface area contributed by atoms with Crippen LogP contribution in [0, 0.1) is 0 Å². The number of rotatable bonds is 6. The smallest absolute Gasteiger partial charge is 0.234 e. The first-order chi connectivity index (χ1) is 11.7. The molecule has 1 aromatic heterocycles. The van der Waals surface area contributed by atoms with Crippen molar-refractivity contribution in [3.8, 4) is 11.4 Å². The van der Waals surface area contributed by atoms with E-state index in [1.54, 1.807) is 18.0 Å². The predicted octanol–water partition coefficient (Wildman–Crippen LogP) is 2.15. The first-order valence-corrected chi connectivity index (χ1v) is 8.36. The van der Waals surface area contributed by atoms with Gasteiger partial charge in [-0.05, 0) is 45.0 Å². The largest absolute Gasteiger partial charge is 0.497 e. The fraction of sp³-hybridized carbons (Fsp3) is 0.444. The van der Waals surface area contributed by atoms with Gasteiger partial charge in [-0.25, -0.2) is 4.68 Å². The predicted molar refractivity (Wildman–Crippen MR) is 92.3 cm³/mol. The molecule has 0 spiro atoms. The molecule has 2 heterocycles. The van der Waals surface area contributed by atoms with Crippen LogP contribution >= 0.6 is 0 Å². The highest BCUT2D eigenvalue weighted by atomic mass is 16.5. The molecule has 0 radical (unpaired) electrons. The Kier molecular flexibility index (Phi) is 5.15. The van der Waals surface area contributed by atoms with Crippen LogP contribution in [0.15, 0.2) is 36.7 Å². The third-order valence-electron chi connectivity index (χ3n) is 4.36. The van der Waals surface area contributed by atoms with Crippen molar-refractivity contribution in [2.75, 3.05) is 26.7 Å². The molecule has 1 N–H and O–H groups in total. The monoisotopic (exact) mass is 328 g/mol. The van der Waals surface area contributed by atoms with Crippen molar-refractivity contribution in [2.24, 2.45) is 0 Å². The van der Waals surface area contributed by atoms with Crippen molar-refractivity contribution in [1.29, 1.82) is 0 Å². The minimum Gasteiger partial charge on any atom is -0.497 e. The fourth-order valence-corrected chi connectivity index (χ4v) is 2.97. The topological polar surface area (TPSA) is 59.4 Å². The second-order valence-corrected chi connectivity index (χ2v) is 6.19. The summed E-state index contributed by atoms with van der Waals surface area (Å²) < 4.78 is 7.04. The summed E-state index contributed by atoms with van der Waals surface area (Å²) in [5.41, 5.74) is 1.91. The minimum atomic E-state index is -0.0699. The number of aromatic nitrogens is 2. The molecule has 1 aliphatic heterocycles. The molecular weight excluding hydrogens is 304 g/mol. The van der Waals surface area contributed by atoms with E-state index in [1.807, 2.05) is 37.4 Å². The van der Waals surface area contributed by atoms with Crippen LogP contribution in [0.3, 0.4) is 0 Å². The Morgan fingerprint density at radius 3 is 2.92 bits per heavy atom. The van der Waals surface area contributed by atoms with Crippen LogP contribution < -0.4 is 10.1 Å². The van der Waals surface area contributed by atoms with Gasteiger partial charge in [-0.1, -0.05) is 6.07 Å². The molecule has 6 heteroatoms. The molecule has 0 bridgehead atoms. The number of amides is 1. The highest BCUT2D eigenvalue weighted by Crippen LogP contribution is 2.18. The summed E-state index contributed by atoms with van der Waals surface area (Å²) in [5.74, 6) is 0.857. The van der Waals surface area contributed by atoms with E-state index in [2.05, 4.69) is 15.3 Å². The average molecular weight is 328 g/mol. The van der Waals surface area contributed by atoms with Crippen molar-refractivity contribution in [2.45, 2.75) is 25.8 Å². The van der Waals surface area contributed by atoms with Crippen molar-refractivity contribution < 1.29 is 9.53 Å². The average Bonchev–Trinajstić information content (AvgIpc) is 3.26. The summed E-state index contributed by atoms with van der Waals surface area (Å²) in [6.07, 6.45) is 6.11. The summed E-state index contributed by atoms with van der Waals surface area (Å²) in [6, 6.07) is 7.65. The molecule has 0 aliphatic carbocycles. The molecule has 1 aliphatic rings. The fourth-order valence-electron chi connectivity index (χ4n) is 2.97. The first-order valence-electron chi connectivity index (χ1n) is 8.36. The standard InChI is InChI=1S/C18H24N4O2/c1-14(20-18(23)13-21-8-3-4-9-21)15-11-19-22(12-15)16-6-5-7-17(10-16)24-2/h5-7,10-12,14H,3-4,8-9,13H2,1-2H3,(H,20,23)/t14-/m0/s1. The van der Waals surface area contributed by atoms with Crippen LogP contribution in [0.25, 0.3) is 5.69 Å². The molecule has 1 aromatic carbocycles. The van der Waals surface area contributed by atoms with Crippen molar-refractivity contribution in [3.05, 3.63) is 42.2 Å². The second kappa shape index (κ2) is 7.49. The van der Waals surface area contributed by atoms with Gasteiger partial charge in [0.1, 0.15) is 5.75 Å². The number of hydrogen-bond acceptors (Lipinski definition) is 4. The quantitative estimate of drug-likeness (QED) is 0.883. The van der Waals surface area contributed by atoms with E-state index in [9.17, 15) is 4.79 Å². The summed E-state index contributed by atoms with van der Waals surface area (Å²) in [6.45, 7) is 4.51. The lowest BCUT2D eigenvalue weighted by Gasteiger charge is -2.17. The number of hydrogen-bond donors (Lipinski definition) is 1. The van der Waals surface area contributed by atoms with E-state index in [0.29, 0.717) is 6.54 Å². The lowest BCUT2D eigenvalue weighted by Crippen LogP contribution is -2.36. The molecule has 0 saturated carbocycles. The van der Waals surface area contributed by atoms with E-state index in [-0.39, 0.29) is 11.9 Å². The van der Waals surface area contributed by atoms with Crippen LogP contribution in [0.1, 0.15) is 31.4 Å². The van der Waals surface area contributed by atoms with Gasteiger partial charge in [-0.3, -0.25) is 9.69 Å². The zero-order valence-corrected chi connectivity index (χ0v) is 14.2. The van der Waals surface area contributed by atoms with E-state index in [0.717, 1.165) is 30.1 Å². The van der Waals surface area contributed by atoms with Gasteiger partial charge < -0.3 is 10.1 Å². The van der Waals surface area contributed by atoms with E-state index in [4.69, 9.17) is 4.74 Å². The molecule has 2 aromatic rings. The van der Waals surface area contributed by atoms with Gasteiger partial charge in [0.15, 0.2) is 0 Å². The Labute approximate surface area is 142 Å². The number of carbonyl (C=O) groups excluding carboxylic acids is 1. The van der Waals surface area contributed by atoms with Crippen LogP contribution in [0.5, 0.6) is 5.75 Å². The van der Waals surface area contributed by atoms with Gasteiger partial charge in [-0.2, -0.15) is 5.10 Å². The Balaban J connectivity index is 1.62. The highest BCUT2D eigenvalue weighted by molar-refractivity contribution is 5.78. The Morgan fingerprint density at radius 2 is 2.17 bits per heavy atom. The number of benzene rings is 1. The Morgan fingerprint density at radius 1 is 1.38 bits per heavy atom. The minimum absolute atomic E-state index is 0.0681. The van der Waals surface area contributed by atoms with Gasteiger partial charge >= 0.3 is 0 Å². The highest BCUT2D eigenvalue weighted by Gasteiger charge is 2.17. The van der Waals surface area contributed by atoms with E-state index in [1.165, 1.54) is 12.8 Å². The van der Waals surface area contributed by atoms with Crippen LogP contribution in [-0.2, 0) is 4.79 Å². The lowest BCUT2D eigenvalue weighted by molar-refractivity contribution is -0.122. The Hall–Kier alpha value is -2.34. The maximum Gasteiger partial charge on any atom is 0.234 e. The molecular formula is C18H24N4O2. The lowest BCUT2D eigenvalue weighted by atomic mass is 10.2. The number of nitrogens with one attached hydrogen (secondary N) is 1. The molecule has 1 saturated heterocycles. The van der Waals surface area contributed by atoms with Crippen LogP contribution in [0.2, 0.25) is 0 Å². The summed E-state index contributed by atoms with van der Waals surface area (Å²) in [4.78, 5) is 14.3. The summed E-state index contributed by atoms with van der Waals surface area (Å²) in [5, 5.41) is 7.44. The second-order valence-electron chi connectivity index (χ2n) is 6.19. The van der Waals surface area contributed by atoms with E-state index < -0.39 is 0 Å². The molecule has 1 fully saturated rings. The molecule has 6 nitrogen and oxygen atoms in total. The number of ether oxygens (including phenoxy) is 1. The molecule has 1 amide bonds. The molecule has 24 heavy (non-hydrogen) atoms. The van der Waals surface area contributed by atoms with Gasteiger partial charge in [0.25, 0.3) is 0 Å². The summed E-state index contributed by atoms with van der Waals surface area (Å²) >= 11 is 0. The number of nitrogens with zero attached hydrogens (tertiary/aromatic N) is 3. The van der Waals surface area contributed by atoms with Gasteiger partial charge in [-0.15, -0.1) is 0 Å². The van der Waals surface area contributed by atoms with Crippen molar-refractivity contribution in [1.82, 2.24) is 20.0 Å². The third kappa shape index (κ3) is 3.94. The normalized spacial score (nSPS) is 16.1. The van der Waals surface area contributed by atoms with Crippen molar-refractivity contribution >= 4 is 5.91 Å². The van der Waals surface area contributed by atoms with Gasteiger partial charge in [0.05, 0.1) is 31.6 Å².